The molecule has 3 aromatic rings. The molecule has 2 heterocycles. The Kier molecular flexibility index (Phi) is 6.12. The Hall–Kier alpha value is -2.04. The van der Waals surface area contributed by atoms with E-state index in [2.05, 4.69) is 11.5 Å². The average molecular weight is 430 g/mol. The largest absolute Gasteiger partial charge is 0.341 e. The first-order chi connectivity index (χ1) is 14.1. The topological polar surface area (TPSA) is 38.1 Å². The number of fused-ring (bicyclic) bond motifs is 1. The number of halogens is 2. The fourth-order valence-corrected chi connectivity index (χ4v) is 4.74. The molecular formula is C23H25Cl2N3O. The second kappa shape index (κ2) is 8.76. The van der Waals surface area contributed by atoms with E-state index >= 15 is 0 Å². The minimum Gasteiger partial charge on any atom is -0.341 e. The lowest BCUT2D eigenvalue weighted by atomic mass is 10.1. The molecule has 1 atom stereocenters. The van der Waals surface area contributed by atoms with E-state index in [1.807, 2.05) is 47.4 Å². The Morgan fingerprint density at radius 1 is 1.07 bits per heavy atom. The van der Waals surface area contributed by atoms with Crippen molar-refractivity contribution in [2.45, 2.75) is 45.1 Å². The quantitative estimate of drug-likeness (QED) is 0.489. The van der Waals surface area contributed by atoms with E-state index in [4.69, 9.17) is 28.2 Å². The van der Waals surface area contributed by atoms with E-state index in [1.54, 1.807) is 0 Å². The van der Waals surface area contributed by atoms with Crippen LogP contribution < -0.4 is 0 Å². The summed E-state index contributed by atoms with van der Waals surface area (Å²) in [6.45, 7) is 3.81. The van der Waals surface area contributed by atoms with Crippen LogP contribution >= 0.6 is 23.2 Å². The number of hydrogen-bond donors (Lipinski definition) is 0. The fraction of sp³-hybridized carbons (Fsp3) is 0.391. The van der Waals surface area contributed by atoms with Crippen molar-refractivity contribution in [1.82, 2.24) is 14.5 Å². The third-order valence-electron chi connectivity index (χ3n) is 5.64. The number of aromatic nitrogens is 2. The molecule has 1 aromatic heterocycles. The maximum Gasteiger partial charge on any atom is 0.245 e. The maximum atomic E-state index is 13.4. The highest BCUT2D eigenvalue weighted by Crippen LogP contribution is 2.32. The van der Waals surface area contributed by atoms with Gasteiger partial charge in [0, 0.05) is 29.6 Å². The van der Waals surface area contributed by atoms with Crippen LogP contribution in [0.2, 0.25) is 10.0 Å². The summed E-state index contributed by atoms with van der Waals surface area (Å²) in [5.74, 6) is 1.02. The van der Waals surface area contributed by atoms with Crippen LogP contribution in [-0.4, -0.2) is 33.4 Å². The first kappa shape index (κ1) is 20.2. The van der Waals surface area contributed by atoms with Crippen LogP contribution in [0.3, 0.4) is 0 Å². The van der Waals surface area contributed by atoms with E-state index in [0.717, 1.165) is 61.2 Å². The van der Waals surface area contributed by atoms with Crippen molar-refractivity contribution in [2.75, 3.05) is 13.1 Å². The summed E-state index contributed by atoms with van der Waals surface area (Å²) >= 11 is 12.9. The lowest BCUT2D eigenvalue weighted by Crippen LogP contribution is -2.36. The van der Waals surface area contributed by atoms with Crippen LogP contribution in [0.1, 0.15) is 50.0 Å². The first-order valence-electron chi connectivity index (χ1n) is 10.3. The summed E-state index contributed by atoms with van der Waals surface area (Å²) in [6.07, 6.45) is 4.34. The predicted molar refractivity (Wildman–Crippen MR) is 119 cm³/mol. The molecule has 0 saturated carbocycles. The molecule has 152 valence electrons. The summed E-state index contributed by atoms with van der Waals surface area (Å²) in [4.78, 5) is 20.3. The van der Waals surface area contributed by atoms with Crippen molar-refractivity contribution in [2.24, 2.45) is 0 Å². The number of likely N-dealkylation sites (tertiary alicyclic amines) is 1. The third kappa shape index (κ3) is 4.01. The second-order valence-electron chi connectivity index (χ2n) is 7.60. The monoisotopic (exact) mass is 429 g/mol. The SMILES string of the molecule is CCCC(C(=O)N1CCCC1)n1c(Cc2c(Cl)cccc2Cl)nc2ccccc21. The molecule has 0 radical (unpaired) electrons. The van der Waals surface area contributed by atoms with Gasteiger partial charge in [-0.3, -0.25) is 4.79 Å². The van der Waals surface area contributed by atoms with Crippen molar-refractivity contribution in [3.63, 3.8) is 0 Å². The van der Waals surface area contributed by atoms with E-state index in [1.165, 1.54) is 0 Å². The number of para-hydroxylation sites is 2. The van der Waals surface area contributed by atoms with E-state index in [0.29, 0.717) is 16.5 Å². The van der Waals surface area contributed by atoms with Crippen LogP contribution in [-0.2, 0) is 11.2 Å². The second-order valence-corrected chi connectivity index (χ2v) is 8.42. The highest BCUT2D eigenvalue weighted by molar-refractivity contribution is 6.36. The molecule has 1 aliphatic heterocycles. The third-order valence-corrected chi connectivity index (χ3v) is 6.35. The van der Waals surface area contributed by atoms with Gasteiger partial charge in [-0.1, -0.05) is 54.7 Å². The average Bonchev–Trinajstić information content (AvgIpc) is 3.36. The Bertz CT molecular complexity index is 1000. The van der Waals surface area contributed by atoms with E-state index in [-0.39, 0.29) is 11.9 Å². The summed E-state index contributed by atoms with van der Waals surface area (Å²) in [7, 11) is 0. The van der Waals surface area contributed by atoms with Crippen LogP contribution in [0, 0.1) is 0 Å². The van der Waals surface area contributed by atoms with Gasteiger partial charge in [0.15, 0.2) is 0 Å². The van der Waals surface area contributed by atoms with E-state index < -0.39 is 0 Å². The Labute approximate surface area is 181 Å². The summed E-state index contributed by atoms with van der Waals surface area (Å²) in [5.41, 5.74) is 2.72. The molecule has 0 aliphatic carbocycles. The zero-order valence-electron chi connectivity index (χ0n) is 16.6. The van der Waals surface area contributed by atoms with Crippen molar-refractivity contribution >= 4 is 40.1 Å². The van der Waals surface area contributed by atoms with Gasteiger partial charge < -0.3 is 9.47 Å². The van der Waals surface area contributed by atoms with Gasteiger partial charge in [-0.15, -0.1) is 0 Å². The molecule has 1 amide bonds. The van der Waals surface area contributed by atoms with Crippen LogP contribution in [0.15, 0.2) is 42.5 Å². The first-order valence-corrected chi connectivity index (χ1v) is 11.0. The Morgan fingerprint density at radius 2 is 1.76 bits per heavy atom. The molecular weight excluding hydrogens is 405 g/mol. The molecule has 4 nitrogen and oxygen atoms in total. The number of imidazole rings is 1. The van der Waals surface area contributed by atoms with Gasteiger partial charge in [-0.2, -0.15) is 0 Å². The van der Waals surface area contributed by atoms with Gasteiger partial charge in [0.2, 0.25) is 5.91 Å². The standard InChI is InChI=1S/C23H25Cl2N3O/c1-2-8-21(23(29)27-13-5-6-14-27)28-20-12-4-3-11-19(20)26-22(28)15-16-17(24)9-7-10-18(16)25/h3-4,7,9-12,21H,2,5-6,8,13-15H2,1H3. The maximum absolute atomic E-state index is 13.4. The summed E-state index contributed by atoms with van der Waals surface area (Å²) < 4.78 is 2.12. The van der Waals surface area contributed by atoms with Crippen LogP contribution in [0.4, 0.5) is 0 Å². The van der Waals surface area contributed by atoms with Gasteiger partial charge in [-0.05, 0) is 49.1 Å². The van der Waals surface area contributed by atoms with Crippen molar-refractivity contribution in [3.8, 4) is 0 Å². The van der Waals surface area contributed by atoms with Gasteiger partial charge in [0.25, 0.3) is 0 Å². The zero-order chi connectivity index (χ0) is 20.4. The molecule has 1 unspecified atom stereocenters. The smallest absolute Gasteiger partial charge is 0.245 e. The zero-order valence-corrected chi connectivity index (χ0v) is 18.1. The number of rotatable bonds is 6. The number of carbonyl (C=O) groups is 1. The lowest BCUT2D eigenvalue weighted by Gasteiger charge is -2.26. The molecule has 0 N–H and O–H groups in total. The van der Waals surface area contributed by atoms with E-state index in [9.17, 15) is 4.79 Å². The molecule has 2 aromatic carbocycles. The number of amides is 1. The van der Waals surface area contributed by atoms with Crippen LogP contribution in [0.25, 0.3) is 11.0 Å². The number of hydrogen-bond acceptors (Lipinski definition) is 2. The molecule has 1 aliphatic rings. The molecule has 4 rings (SSSR count). The minimum absolute atomic E-state index is 0.194. The fourth-order valence-electron chi connectivity index (χ4n) is 4.21. The molecule has 1 fully saturated rings. The Morgan fingerprint density at radius 3 is 2.45 bits per heavy atom. The Balaban J connectivity index is 1.82. The molecule has 1 saturated heterocycles. The molecule has 0 spiro atoms. The minimum atomic E-state index is -0.262. The highest BCUT2D eigenvalue weighted by atomic mass is 35.5. The van der Waals surface area contributed by atoms with Crippen molar-refractivity contribution < 1.29 is 4.79 Å². The highest BCUT2D eigenvalue weighted by Gasteiger charge is 2.30. The molecule has 29 heavy (non-hydrogen) atoms. The van der Waals surface area contributed by atoms with Crippen LogP contribution in [0.5, 0.6) is 0 Å². The predicted octanol–water partition coefficient (Wildman–Crippen LogP) is 5.90. The van der Waals surface area contributed by atoms with Gasteiger partial charge in [0.1, 0.15) is 11.9 Å². The van der Waals surface area contributed by atoms with Gasteiger partial charge in [-0.25, -0.2) is 4.98 Å². The molecule has 0 bridgehead atoms. The summed E-state index contributed by atoms with van der Waals surface area (Å²) in [6, 6.07) is 13.3. The lowest BCUT2D eigenvalue weighted by molar-refractivity contribution is -0.133. The van der Waals surface area contributed by atoms with Crippen molar-refractivity contribution in [3.05, 3.63) is 63.9 Å². The number of benzene rings is 2. The number of nitrogens with zero attached hydrogens (tertiary/aromatic N) is 3. The number of carbonyl (C=O) groups excluding carboxylic acids is 1. The summed E-state index contributed by atoms with van der Waals surface area (Å²) in [5, 5.41) is 1.24. The normalized spacial score (nSPS) is 15.2. The van der Waals surface area contributed by atoms with Gasteiger partial charge >= 0.3 is 0 Å². The van der Waals surface area contributed by atoms with Crippen molar-refractivity contribution in [1.29, 1.82) is 0 Å². The van der Waals surface area contributed by atoms with Gasteiger partial charge in [0.05, 0.1) is 11.0 Å². The molecule has 6 heteroatoms.